The number of fused-ring (bicyclic) bond motifs is 1. The topological polar surface area (TPSA) is 82.0 Å². The van der Waals surface area contributed by atoms with Crippen molar-refractivity contribution < 1.29 is 9.59 Å². The van der Waals surface area contributed by atoms with Crippen molar-refractivity contribution in [2.75, 3.05) is 51.9 Å². The van der Waals surface area contributed by atoms with E-state index in [9.17, 15) is 9.59 Å². The number of imidazole rings is 1. The molecule has 0 bridgehead atoms. The van der Waals surface area contributed by atoms with Gasteiger partial charge < -0.3 is 20.4 Å². The highest BCUT2D eigenvalue weighted by molar-refractivity contribution is 6.33. The maximum absolute atomic E-state index is 12.9. The van der Waals surface area contributed by atoms with Crippen molar-refractivity contribution in [1.82, 2.24) is 19.2 Å². The Morgan fingerprint density at radius 3 is 2.55 bits per heavy atom. The number of para-hydroxylation sites is 1. The van der Waals surface area contributed by atoms with Crippen molar-refractivity contribution in [3.8, 4) is 0 Å². The number of halogens is 1. The smallest absolute Gasteiger partial charge is 0.274 e. The summed E-state index contributed by atoms with van der Waals surface area (Å²) >= 11 is 6.18. The van der Waals surface area contributed by atoms with Gasteiger partial charge in [-0.15, -0.1) is 0 Å². The van der Waals surface area contributed by atoms with Gasteiger partial charge >= 0.3 is 0 Å². The minimum atomic E-state index is -0.322. The van der Waals surface area contributed by atoms with Crippen LogP contribution in [-0.4, -0.2) is 72.3 Å². The molecule has 33 heavy (non-hydrogen) atoms. The SMILES string of the molecule is CN(C)C/C=C/C(=O)Nc1cc2ncc(C(=O)Nc3ccccc3Cl)n2cc1CCN(C)C. The molecule has 2 heterocycles. The average Bonchev–Trinajstić information content (AvgIpc) is 3.16. The standard InChI is InChI=1S/C24H29ClN6O2/c1-29(2)12-7-10-23(32)27-20-14-22-26-15-21(31(22)16-17(20)11-13-30(3)4)24(33)28-19-9-6-5-8-18(19)25/h5-10,14-16H,11-13H2,1-4H3,(H,27,32)(H,28,33)/b10-7+. The number of likely N-dealkylation sites (N-methyl/N-ethyl adjacent to an activating group) is 2. The Morgan fingerprint density at radius 2 is 1.85 bits per heavy atom. The lowest BCUT2D eigenvalue weighted by molar-refractivity contribution is -0.111. The molecule has 0 atom stereocenters. The molecule has 2 aromatic heterocycles. The maximum Gasteiger partial charge on any atom is 0.274 e. The van der Waals surface area contributed by atoms with Crippen LogP contribution >= 0.6 is 11.6 Å². The Hall–Kier alpha value is -3.20. The molecule has 0 fully saturated rings. The summed E-state index contributed by atoms with van der Waals surface area (Å²) < 4.78 is 1.73. The second kappa shape index (κ2) is 11.1. The first-order valence-electron chi connectivity index (χ1n) is 10.6. The van der Waals surface area contributed by atoms with Crippen LogP contribution in [0.25, 0.3) is 5.65 Å². The average molecular weight is 469 g/mol. The highest BCUT2D eigenvalue weighted by Crippen LogP contribution is 2.23. The molecule has 3 aromatic rings. The van der Waals surface area contributed by atoms with Crippen molar-refractivity contribution in [2.24, 2.45) is 0 Å². The zero-order chi connectivity index (χ0) is 24.0. The van der Waals surface area contributed by atoms with E-state index in [1.807, 2.05) is 39.3 Å². The minimum Gasteiger partial charge on any atom is -0.322 e. The molecule has 2 N–H and O–H groups in total. The second-order valence-corrected chi connectivity index (χ2v) is 8.63. The molecule has 1 aromatic carbocycles. The lowest BCUT2D eigenvalue weighted by atomic mass is 10.1. The Morgan fingerprint density at radius 1 is 1.09 bits per heavy atom. The van der Waals surface area contributed by atoms with E-state index in [0.29, 0.717) is 40.7 Å². The molecule has 2 amide bonds. The quantitative estimate of drug-likeness (QED) is 0.470. The molecule has 0 saturated heterocycles. The van der Waals surface area contributed by atoms with Gasteiger partial charge in [0.25, 0.3) is 5.91 Å². The summed E-state index contributed by atoms with van der Waals surface area (Å²) in [6.07, 6.45) is 7.38. The lowest BCUT2D eigenvalue weighted by Crippen LogP contribution is -2.18. The summed E-state index contributed by atoms with van der Waals surface area (Å²) in [4.78, 5) is 33.8. The van der Waals surface area contributed by atoms with E-state index in [1.54, 1.807) is 40.8 Å². The third-order valence-electron chi connectivity index (χ3n) is 4.91. The number of hydrogen-bond donors (Lipinski definition) is 2. The Bertz CT molecular complexity index is 1170. The fourth-order valence-electron chi connectivity index (χ4n) is 3.19. The van der Waals surface area contributed by atoms with Gasteiger partial charge in [0.15, 0.2) is 0 Å². The van der Waals surface area contributed by atoms with E-state index >= 15 is 0 Å². The number of hydrogen-bond acceptors (Lipinski definition) is 5. The molecule has 0 unspecified atom stereocenters. The largest absolute Gasteiger partial charge is 0.322 e. The van der Waals surface area contributed by atoms with Crippen LogP contribution in [0.4, 0.5) is 11.4 Å². The van der Waals surface area contributed by atoms with Crippen LogP contribution in [0, 0.1) is 0 Å². The fourth-order valence-corrected chi connectivity index (χ4v) is 3.37. The predicted molar refractivity (Wildman–Crippen MR) is 133 cm³/mol. The normalized spacial score (nSPS) is 11.6. The summed E-state index contributed by atoms with van der Waals surface area (Å²) in [7, 11) is 7.85. The van der Waals surface area contributed by atoms with Gasteiger partial charge in [0.05, 0.1) is 16.9 Å². The van der Waals surface area contributed by atoms with Crippen LogP contribution in [0.1, 0.15) is 16.1 Å². The predicted octanol–water partition coefficient (Wildman–Crippen LogP) is 3.40. The first kappa shape index (κ1) is 24.4. The molecule has 9 heteroatoms. The number of benzene rings is 1. The highest BCUT2D eigenvalue weighted by atomic mass is 35.5. The van der Waals surface area contributed by atoms with Crippen molar-refractivity contribution >= 4 is 40.4 Å². The molecule has 0 spiro atoms. The number of amides is 2. The molecular formula is C24H29ClN6O2. The molecule has 0 aliphatic rings. The molecule has 8 nitrogen and oxygen atoms in total. The molecule has 0 saturated carbocycles. The monoisotopic (exact) mass is 468 g/mol. The van der Waals surface area contributed by atoms with Crippen LogP contribution in [0.5, 0.6) is 0 Å². The van der Waals surface area contributed by atoms with Crippen molar-refractivity contribution in [3.63, 3.8) is 0 Å². The first-order valence-corrected chi connectivity index (χ1v) is 10.9. The Kier molecular flexibility index (Phi) is 8.21. The third kappa shape index (κ3) is 6.64. The van der Waals surface area contributed by atoms with Crippen LogP contribution in [0.15, 0.2) is 54.9 Å². The molecule has 0 aliphatic heterocycles. The maximum atomic E-state index is 12.9. The van der Waals surface area contributed by atoms with Gasteiger partial charge in [0, 0.05) is 37.1 Å². The first-order chi connectivity index (χ1) is 15.7. The number of nitrogens with zero attached hydrogens (tertiary/aromatic N) is 4. The van der Waals surface area contributed by atoms with E-state index in [1.165, 1.54) is 12.3 Å². The van der Waals surface area contributed by atoms with E-state index < -0.39 is 0 Å². The van der Waals surface area contributed by atoms with Gasteiger partial charge in [0.2, 0.25) is 5.91 Å². The van der Waals surface area contributed by atoms with Crippen LogP contribution < -0.4 is 10.6 Å². The summed E-state index contributed by atoms with van der Waals surface area (Å²) in [5, 5.41) is 6.24. The van der Waals surface area contributed by atoms with Gasteiger partial charge in [-0.2, -0.15) is 0 Å². The number of carbonyl (C=O) groups is 2. The number of pyridine rings is 1. The second-order valence-electron chi connectivity index (χ2n) is 8.23. The Balaban J connectivity index is 1.90. The Labute approximate surface area is 198 Å². The van der Waals surface area contributed by atoms with Gasteiger partial charge in [-0.25, -0.2) is 4.98 Å². The van der Waals surface area contributed by atoms with Crippen molar-refractivity contribution in [2.45, 2.75) is 6.42 Å². The molecule has 3 rings (SSSR count). The number of nitrogens with one attached hydrogen (secondary N) is 2. The zero-order valence-corrected chi connectivity index (χ0v) is 20.1. The van der Waals surface area contributed by atoms with Crippen LogP contribution in [0.2, 0.25) is 5.02 Å². The van der Waals surface area contributed by atoms with E-state index in [0.717, 1.165) is 12.1 Å². The van der Waals surface area contributed by atoms with Gasteiger partial charge in [0.1, 0.15) is 11.3 Å². The van der Waals surface area contributed by atoms with Crippen molar-refractivity contribution in [3.05, 3.63) is 71.2 Å². The summed E-state index contributed by atoms with van der Waals surface area (Å²) in [6, 6.07) is 8.84. The molecular weight excluding hydrogens is 440 g/mol. The minimum absolute atomic E-state index is 0.212. The molecule has 0 radical (unpaired) electrons. The molecule has 0 aliphatic carbocycles. The van der Waals surface area contributed by atoms with Gasteiger partial charge in [-0.3, -0.25) is 14.0 Å². The number of anilines is 2. The summed E-state index contributed by atoms with van der Waals surface area (Å²) in [5.74, 6) is -0.534. The van der Waals surface area contributed by atoms with Gasteiger partial charge in [-0.05, 0) is 52.3 Å². The van der Waals surface area contributed by atoms with Gasteiger partial charge in [-0.1, -0.05) is 29.8 Å². The van der Waals surface area contributed by atoms with Crippen LogP contribution in [0.3, 0.4) is 0 Å². The number of rotatable bonds is 9. The van der Waals surface area contributed by atoms with Crippen LogP contribution in [-0.2, 0) is 11.2 Å². The van der Waals surface area contributed by atoms with E-state index in [4.69, 9.17) is 11.6 Å². The zero-order valence-electron chi connectivity index (χ0n) is 19.3. The summed E-state index contributed by atoms with van der Waals surface area (Å²) in [6.45, 7) is 1.45. The lowest BCUT2D eigenvalue weighted by Gasteiger charge is -2.15. The fraction of sp³-hybridized carbons (Fsp3) is 0.292. The van der Waals surface area contributed by atoms with Crippen molar-refractivity contribution in [1.29, 1.82) is 0 Å². The number of carbonyl (C=O) groups excluding carboxylic acids is 2. The highest BCUT2D eigenvalue weighted by Gasteiger charge is 2.16. The molecule has 174 valence electrons. The summed E-state index contributed by atoms with van der Waals surface area (Å²) in [5.41, 5.74) is 3.03. The number of aromatic nitrogens is 2. The van der Waals surface area contributed by atoms with E-state index in [2.05, 4.69) is 20.5 Å². The third-order valence-corrected chi connectivity index (χ3v) is 5.24. The van der Waals surface area contributed by atoms with E-state index in [-0.39, 0.29) is 11.8 Å².